The summed E-state index contributed by atoms with van der Waals surface area (Å²) in [4.78, 5) is 12.6. The van der Waals surface area contributed by atoms with Crippen molar-refractivity contribution in [2.75, 3.05) is 10.6 Å². The molecule has 0 aliphatic rings. The van der Waals surface area contributed by atoms with Crippen molar-refractivity contribution in [1.29, 1.82) is 0 Å². The van der Waals surface area contributed by atoms with Crippen LogP contribution >= 0.6 is 11.6 Å². The highest BCUT2D eigenvalue weighted by Crippen LogP contribution is 2.27. The van der Waals surface area contributed by atoms with Crippen molar-refractivity contribution in [3.63, 3.8) is 0 Å². The van der Waals surface area contributed by atoms with E-state index in [1.807, 2.05) is 45.0 Å². The van der Waals surface area contributed by atoms with Crippen molar-refractivity contribution >= 4 is 28.9 Å². The Bertz CT molecular complexity index is 995. The van der Waals surface area contributed by atoms with Crippen molar-refractivity contribution < 1.29 is 4.79 Å². The number of halogens is 1. The maximum absolute atomic E-state index is 12.6. The second kappa shape index (κ2) is 9.14. The van der Waals surface area contributed by atoms with Crippen LogP contribution in [0.1, 0.15) is 42.4 Å². The Morgan fingerprint density at radius 2 is 1.79 bits per heavy atom. The van der Waals surface area contributed by atoms with Crippen molar-refractivity contribution in [2.45, 2.75) is 46.7 Å². The van der Waals surface area contributed by atoms with E-state index in [1.54, 1.807) is 4.68 Å². The number of carbonyl (C=O) groups excluding carboxylic acids is 1. The Balaban J connectivity index is 1.62. The predicted octanol–water partition coefficient (Wildman–Crippen LogP) is 5.53. The number of hydrogen-bond donors (Lipinski definition) is 2. The molecule has 0 fully saturated rings. The molecule has 2 N–H and O–H groups in total. The van der Waals surface area contributed by atoms with E-state index >= 15 is 0 Å². The zero-order valence-corrected chi connectivity index (χ0v) is 18.0. The van der Waals surface area contributed by atoms with Crippen molar-refractivity contribution in [3.8, 4) is 0 Å². The molecule has 5 nitrogen and oxygen atoms in total. The van der Waals surface area contributed by atoms with Gasteiger partial charge in [-0.2, -0.15) is 5.10 Å². The Kier molecular flexibility index (Phi) is 6.60. The second-order valence-electron chi connectivity index (χ2n) is 7.26. The summed E-state index contributed by atoms with van der Waals surface area (Å²) in [6, 6.07) is 15.6. The van der Waals surface area contributed by atoms with Gasteiger partial charge in [0.15, 0.2) is 0 Å². The van der Waals surface area contributed by atoms with Crippen LogP contribution in [0.4, 0.5) is 11.4 Å². The summed E-state index contributed by atoms with van der Waals surface area (Å²) in [7, 11) is 0. The molecule has 3 aromatic rings. The number of benzene rings is 2. The number of hydrogen-bond acceptors (Lipinski definition) is 3. The van der Waals surface area contributed by atoms with Gasteiger partial charge in [-0.25, -0.2) is 0 Å². The SMILES string of the molecule is CCc1ccc(CNc2ccc(NC(=O)C(C)n3nc(C)cc3C)c(Cl)c2)cc1. The van der Waals surface area contributed by atoms with Gasteiger partial charge in [-0.3, -0.25) is 9.48 Å². The zero-order chi connectivity index (χ0) is 21.0. The number of rotatable bonds is 7. The molecule has 1 aromatic heterocycles. The average molecular weight is 411 g/mol. The first kappa shape index (κ1) is 20.9. The highest BCUT2D eigenvalue weighted by Gasteiger charge is 2.19. The lowest BCUT2D eigenvalue weighted by Gasteiger charge is -2.16. The fourth-order valence-electron chi connectivity index (χ4n) is 3.21. The summed E-state index contributed by atoms with van der Waals surface area (Å²) < 4.78 is 1.72. The number of amides is 1. The van der Waals surface area contributed by atoms with E-state index in [1.165, 1.54) is 11.1 Å². The van der Waals surface area contributed by atoms with Crippen LogP contribution in [0.2, 0.25) is 5.02 Å². The van der Waals surface area contributed by atoms with E-state index in [2.05, 4.69) is 46.9 Å². The Morgan fingerprint density at radius 1 is 1.10 bits per heavy atom. The van der Waals surface area contributed by atoms with E-state index in [0.29, 0.717) is 17.3 Å². The summed E-state index contributed by atoms with van der Waals surface area (Å²) >= 11 is 6.40. The Hall–Kier alpha value is -2.79. The molecule has 0 aliphatic heterocycles. The van der Waals surface area contributed by atoms with Gasteiger partial charge in [0.25, 0.3) is 0 Å². The standard InChI is InChI=1S/C23H27ClN4O/c1-5-18-6-8-19(9-7-18)14-25-20-10-11-22(21(24)13-20)26-23(29)17(4)28-16(3)12-15(2)27-28/h6-13,17,25H,5,14H2,1-4H3,(H,26,29). The highest BCUT2D eigenvalue weighted by atomic mass is 35.5. The first-order valence-electron chi connectivity index (χ1n) is 9.82. The number of carbonyl (C=O) groups is 1. The summed E-state index contributed by atoms with van der Waals surface area (Å²) in [5.74, 6) is -0.158. The van der Waals surface area contributed by atoms with Gasteiger partial charge >= 0.3 is 0 Å². The lowest BCUT2D eigenvalue weighted by Crippen LogP contribution is -2.25. The van der Waals surface area contributed by atoms with Crippen LogP contribution in [0.3, 0.4) is 0 Å². The summed E-state index contributed by atoms with van der Waals surface area (Å²) in [6.45, 7) is 8.53. The fraction of sp³-hybridized carbons (Fsp3) is 0.304. The summed E-state index contributed by atoms with van der Waals surface area (Å²) in [6.07, 6.45) is 1.04. The van der Waals surface area contributed by atoms with Crippen molar-refractivity contribution in [1.82, 2.24) is 9.78 Å². The van der Waals surface area contributed by atoms with Gasteiger partial charge in [-0.15, -0.1) is 0 Å². The summed E-state index contributed by atoms with van der Waals surface area (Å²) in [5, 5.41) is 11.1. The molecule has 0 aliphatic carbocycles. The van der Waals surface area contributed by atoms with E-state index in [4.69, 9.17) is 11.6 Å². The van der Waals surface area contributed by atoms with Gasteiger partial charge in [0.05, 0.1) is 16.4 Å². The molecule has 1 heterocycles. The lowest BCUT2D eigenvalue weighted by molar-refractivity contribution is -0.119. The smallest absolute Gasteiger partial charge is 0.248 e. The van der Waals surface area contributed by atoms with Crippen LogP contribution in [0.15, 0.2) is 48.5 Å². The van der Waals surface area contributed by atoms with Gasteiger partial charge in [0.1, 0.15) is 6.04 Å². The monoisotopic (exact) mass is 410 g/mol. The fourth-order valence-corrected chi connectivity index (χ4v) is 3.44. The minimum Gasteiger partial charge on any atom is -0.381 e. The van der Waals surface area contributed by atoms with Gasteiger partial charge in [0.2, 0.25) is 5.91 Å². The molecule has 0 bridgehead atoms. The molecule has 0 spiro atoms. The number of nitrogens with one attached hydrogen (secondary N) is 2. The maximum atomic E-state index is 12.6. The second-order valence-corrected chi connectivity index (χ2v) is 7.66. The number of aromatic nitrogens is 2. The summed E-state index contributed by atoms with van der Waals surface area (Å²) in [5.41, 5.74) is 5.85. The molecule has 1 amide bonds. The normalized spacial score (nSPS) is 11.9. The Labute approximate surface area is 177 Å². The first-order valence-corrected chi connectivity index (χ1v) is 10.2. The van der Waals surface area contributed by atoms with Crippen LogP contribution in [0.25, 0.3) is 0 Å². The van der Waals surface area contributed by atoms with Crippen LogP contribution in [0.5, 0.6) is 0 Å². The number of anilines is 2. The zero-order valence-electron chi connectivity index (χ0n) is 17.3. The molecule has 0 radical (unpaired) electrons. The van der Waals surface area contributed by atoms with E-state index < -0.39 is 6.04 Å². The minimum atomic E-state index is -0.427. The van der Waals surface area contributed by atoms with Crippen molar-refractivity contribution in [3.05, 3.63) is 76.1 Å². The van der Waals surface area contributed by atoms with Crippen LogP contribution < -0.4 is 10.6 Å². The minimum absolute atomic E-state index is 0.158. The van der Waals surface area contributed by atoms with E-state index in [9.17, 15) is 4.79 Å². The number of aryl methyl sites for hydroxylation is 3. The molecule has 0 saturated carbocycles. The quantitative estimate of drug-likeness (QED) is 0.538. The van der Waals surface area contributed by atoms with Crippen molar-refractivity contribution in [2.24, 2.45) is 0 Å². The molecule has 2 aromatic carbocycles. The topological polar surface area (TPSA) is 58.9 Å². The molecule has 3 rings (SSSR count). The molecular formula is C23H27ClN4O. The molecule has 1 atom stereocenters. The number of nitrogens with zero attached hydrogens (tertiary/aromatic N) is 2. The van der Waals surface area contributed by atoms with Gasteiger partial charge in [-0.05, 0) is 62.6 Å². The van der Waals surface area contributed by atoms with Crippen LogP contribution in [-0.2, 0) is 17.8 Å². The van der Waals surface area contributed by atoms with Crippen LogP contribution in [0, 0.1) is 13.8 Å². The third-order valence-electron chi connectivity index (χ3n) is 4.95. The molecule has 1 unspecified atom stereocenters. The largest absolute Gasteiger partial charge is 0.381 e. The van der Waals surface area contributed by atoms with Gasteiger partial charge < -0.3 is 10.6 Å². The first-order chi connectivity index (χ1) is 13.9. The van der Waals surface area contributed by atoms with E-state index in [-0.39, 0.29) is 5.91 Å². The molecule has 29 heavy (non-hydrogen) atoms. The molecule has 6 heteroatoms. The van der Waals surface area contributed by atoms with Gasteiger partial charge in [0, 0.05) is 17.9 Å². The van der Waals surface area contributed by atoms with Gasteiger partial charge in [-0.1, -0.05) is 42.8 Å². The predicted molar refractivity (Wildman–Crippen MR) is 120 cm³/mol. The lowest BCUT2D eigenvalue weighted by atomic mass is 10.1. The molecular weight excluding hydrogens is 384 g/mol. The van der Waals surface area contributed by atoms with Crippen LogP contribution in [-0.4, -0.2) is 15.7 Å². The average Bonchev–Trinajstić information content (AvgIpc) is 3.05. The highest BCUT2D eigenvalue weighted by molar-refractivity contribution is 6.34. The maximum Gasteiger partial charge on any atom is 0.248 e. The molecule has 152 valence electrons. The molecule has 0 saturated heterocycles. The Morgan fingerprint density at radius 3 is 2.38 bits per heavy atom. The third kappa shape index (κ3) is 5.18. The third-order valence-corrected chi connectivity index (χ3v) is 5.26. The van der Waals surface area contributed by atoms with E-state index in [0.717, 1.165) is 23.5 Å².